The fourth-order valence-electron chi connectivity index (χ4n) is 4.32. The van der Waals surface area contributed by atoms with E-state index in [2.05, 4.69) is 22.3 Å². The van der Waals surface area contributed by atoms with Gasteiger partial charge in [-0.15, -0.1) is 11.3 Å². The normalized spacial score (nSPS) is 15.8. The van der Waals surface area contributed by atoms with Crippen LogP contribution >= 0.6 is 34.5 Å². The molecule has 6 rings (SSSR count). The van der Waals surface area contributed by atoms with Crippen molar-refractivity contribution in [3.05, 3.63) is 86.5 Å². The number of hydrogen-bond acceptors (Lipinski definition) is 7. The first-order valence-corrected chi connectivity index (χ1v) is 13.9. The first-order valence-electron chi connectivity index (χ1n) is 12.3. The molecular weight excluding hydrogens is 557 g/mol. The second-order valence-corrected chi connectivity index (χ2v) is 10.6. The number of anilines is 2. The Morgan fingerprint density at radius 3 is 2.62 bits per heavy atom. The van der Waals surface area contributed by atoms with E-state index >= 15 is 0 Å². The van der Waals surface area contributed by atoms with Gasteiger partial charge >= 0.3 is 0 Å². The number of benzene rings is 3. The van der Waals surface area contributed by atoms with Crippen molar-refractivity contribution >= 4 is 63.7 Å². The summed E-state index contributed by atoms with van der Waals surface area (Å²) < 4.78 is 12.7. The largest absolute Gasteiger partial charge is 0.482 e. The van der Waals surface area contributed by atoms with Gasteiger partial charge in [0.2, 0.25) is 4.80 Å². The summed E-state index contributed by atoms with van der Waals surface area (Å²) in [4.78, 5) is 19.6. The summed E-state index contributed by atoms with van der Waals surface area (Å²) in [6, 6.07) is 19.1. The lowest BCUT2D eigenvalue weighted by Gasteiger charge is -2.28. The van der Waals surface area contributed by atoms with Crippen molar-refractivity contribution in [1.82, 2.24) is 4.68 Å². The van der Waals surface area contributed by atoms with Gasteiger partial charge in [0, 0.05) is 34.7 Å². The molecule has 0 aliphatic carbocycles. The molecule has 0 saturated carbocycles. The highest BCUT2D eigenvalue weighted by Crippen LogP contribution is 2.33. The van der Waals surface area contributed by atoms with E-state index in [1.165, 1.54) is 11.3 Å². The Kier molecular flexibility index (Phi) is 7.38. The number of fused-ring (bicyclic) bond motifs is 1. The van der Waals surface area contributed by atoms with Crippen molar-refractivity contribution in [2.75, 3.05) is 43.1 Å². The fourth-order valence-corrected chi connectivity index (χ4v) is 5.62. The van der Waals surface area contributed by atoms with E-state index < -0.39 is 0 Å². The molecule has 1 aromatic heterocycles. The molecule has 2 aliphatic rings. The van der Waals surface area contributed by atoms with Gasteiger partial charge in [-0.25, -0.2) is 9.67 Å². The predicted molar refractivity (Wildman–Crippen MR) is 156 cm³/mol. The first kappa shape index (κ1) is 25.6. The van der Waals surface area contributed by atoms with Crippen LogP contribution in [0, 0.1) is 0 Å². The molecule has 3 heterocycles. The Labute approximate surface area is 238 Å². The van der Waals surface area contributed by atoms with Gasteiger partial charge in [0.15, 0.2) is 6.61 Å². The number of amides is 1. The summed E-state index contributed by atoms with van der Waals surface area (Å²) in [6.45, 7) is 3.24. The van der Waals surface area contributed by atoms with Gasteiger partial charge in [-0.3, -0.25) is 4.79 Å². The van der Waals surface area contributed by atoms with Crippen LogP contribution in [0.3, 0.4) is 0 Å². The van der Waals surface area contributed by atoms with Gasteiger partial charge < -0.3 is 19.7 Å². The highest BCUT2D eigenvalue weighted by molar-refractivity contribution is 7.07. The molecule has 1 N–H and O–H groups in total. The molecule has 8 nitrogen and oxygen atoms in total. The second-order valence-electron chi connectivity index (χ2n) is 8.91. The number of aromatic nitrogens is 1. The number of carbonyl (C=O) groups excluding carboxylic acids is 1. The van der Waals surface area contributed by atoms with E-state index in [-0.39, 0.29) is 12.5 Å². The zero-order valence-corrected chi connectivity index (χ0v) is 23.0. The molecule has 0 spiro atoms. The van der Waals surface area contributed by atoms with Crippen molar-refractivity contribution in [2.45, 2.75) is 0 Å². The van der Waals surface area contributed by atoms with Gasteiger partial charge in [-0.1, -0.05) is 35.3 Å². The molecule has 0 atom stereocenters. The number of nitrogens with one attached hydrogen (secondary N) is 1. The summed E-state index contributed by atoms with van der Waals surface area (Å²) in [5.74, 6) is 0.436. The lowest BCUT2D eigenvalue weighted by atomic mass is 10.1. The third-order valence-corrected chi connectivity index (χ3v) is 7.66. The Bertz CT molecular complexity index is 1630. The maximum absolute atomic E-state index is 11.9. The molecule has 0 bridgehead atoms. The number of ether oxygens (including phenoxy) is 2. The van der Waals surface area contributed by atoms with Crippen LogP contribution in [0.4, 0.5) is 17.1 Å². The van der Waals surface area contributed by atoms with E-state index in [9.17, 15) is 4.79 Å². The minimum Gasteiger partial charge on any atom is -0.482 e. The second kappa shape index (κ2) is 11.2. The molecule has 1 saturated heterocycles. The maximum atomic E-state index is 11.9. The minimum atomic E-state index is -0.190. The van der Waals surface area contributed by atoms with E-state index in [0.29, 0.717) is 32.0 Å². The average molecular weight is 580 g/mol. The third-order valence-electron chi connectivity index (χ3n) is 6.31. The monoisotopic (exact) mass is 579 g/mol. The van der Waals surface area contributed by atoms with Gasteiger partial charge in [0.05, 0.1) is 41.5 Å². The molecule has 2 aliphatic heterocycles. The Balaban J connectivity index is 1.39. The van der Waals surface area contributed by atoms with E-state index in [4.69, 9.17) is 42.8 Å². The number of nitrogens with zero attached hydrogens (tertiary/aromatic N) is 4. The lowest BCUT2D eigenvalue weighted by molar-refractivity contribution is -0.118. The van der Waals surface area contributed by atoms with Crippen molar-refractivity contribution in [3.8, 4) is 17.0 Å². The van der Waals surface area contributed by atoms with Crippen LogP contribution in [-0.2, 0) is 9.53 Å². The topological polar surface area (TPSA) is 80.5 Å². The predicted octanol–water partition coefficient (Wildman–Crippen LogP) is 5.81. The summed E-state index contributed by atoms with van der Waals surface area (Å²) in [7, 11) is 0. The summed E-state index contributed by atoms with van der Waals surface area (Å²) in [6.07, 6.45) is 1.80. The smallest absolute Gasteiger partial charge is 0.262 e. The number of carbonyl (C=O) groups is 1. The number of hydrogen-bond donors (Lipinski definition) is 1. The van der Waals surface area contributed by atoms with Crippen molar-refractivity contribution in [1.29, 1.82) is 0 Å². The van der Waals surface area contributed by atoms with Gasteiger partial charge in [-0.05, 0) is 54.1 Å². The van der Waals surface area contributed by atoms with E-state index in [1.807, 2.05) is 35.7 Å². The molecule has 11 heteroatoms. The Hall–Kier alpha value is -3.63. The number of morpholine rings is 1. The number of thiazole rings is 1. The molecule has 3 aromatic carbocycles. The quantitative estimate of drug-likeness (QED) is 0.303. The Morgan fingerprint density at radius 2 is 1.82 bits per heavy atom. The van der Waals surface area contributed by atoms with E-state index in [1.54, 1.807) is 29.1 Å². The van der Waals surface area contributed by atoms with Gasteiger partial charge in [0.25, 0.3) is 5.91 Å². The first-order chi connectivity index (χ1) is 19.0. The SMILES string of the molecule is O=C1COc2ccc(-c3csc(=Nc4ccc(Cl)cc4Cl)n3N=Cc3ccc(N4CCOCC4)cc3)cc2N1. The van der Waals surface area contributed by atoms with Crippen LogP contribution in [0.25, 0.3) is 11.3 Å². The Morgan fingerprint density at radius 1 is 1.00 bits per heavy atom. The zero-order chi connectivity index (χ0) is 26.8. The number of rotatable bonds is 5. The maximum Gasteiger partial charge on any atom is 0.262 e. The molecule has 1 amide bonds. The zero-order valence-electron chi connectivity index (χ0n) is 20.6. The summed E-state index contributed by atoms with van der Waals surface area (Å²) >= 11 is 13.9. The van der Waals surface area contributed by atoms with Crippen molar-refractivity contribution in [2.24, 2.45) is 10.1 Å². The molecule has 4 aromatic rings. The van der Waals surface area contributed by atoms with Crippen LogP contribution in [0.2, 0.25) is 10.0 Å². The third kappa shape index (κ3) is 5.72. The molecule has 0 radical (unpaired) electrons. The highest BCUT2D eigenvalue weighted by atomic mass is 35.5. The summed E-state index contributed by atoms with van der Waals surface area (Å²) in [5, 5.41) is 10.6. The van der Waals surface area contributed by atoms with Crippen LogP contribution in [0.5, 0.6) is 5.75 Å². The van der Waals surface area contributed by atoms with Crippen molar-refractivity contribution < 1.29 is 14.3 Å². The molecule has 39 heavy (non-hydrogen) atoms. The summed E-state index contributed by atoms with van der Waals surface area (Å²) in [5.41, 5.74) is 4.94. The fraction of sp³-hybridized carbons (Fsp3) is 0.179. The number of halogens is 2. The van der Waals surface area contributed by atoms with Gasteiger partial charge in [-0.2, -0.15) is 5.10 Å². The average Bonchev–Trinajstić information content (AvgIpc) is 3.36. The molecule has 198 valence electrons. The molecule has 1 fully saturated rings. The van der Waals surface area contributed by atoms with Gasteiger partial charge in [0.1, 0.15) is 5.75 Å². The lowest BCUT2D eigenvalue weighted by Crippen LogP contribution is -2.36. The molecule has 0 unspecified atom stereocenters. The van der Waals surface area contributed by atoms with Crippen LogP contribution in [-0.4, -0.2) is 49.7 Å². The highest BCUT2D eigenvalue weighted by Gasteiger charge is 2.18. The van der Waals surface area contributed by atoms with E-state index in [0.717, 1.165) is 48.8 Å². The molecular formula is C28H23Cl2N5O3S. The van der Waals surface area contributed by atoms with Crippen molar-refractivity contribution in [3.63, 3.8) is 0 Å². The van der Waals surface area contributed by atoms with Crippen LogP contribution < -0.4 is 19.8 Å². The standard InChI is InChI=1S/C28H23Cl2N5O3S/c29-20-4-7-23(22(30)14-20)33-28-35(31-15-18-1-5-21(6-2-18)34-9-11-37-12-10-34)25(17-39-28)19-3-8-26-24(13-19)32-27(36)16-38-26/h1-8,13-15,17H,9-12,16H2,(H,32,36). The van der Waals surface area contributed by atoms with Crippen LogP contribution in [0.15, 0.2) is 76.1 Å². The minimum absolute atomic E-state index is 0.00426. The van der Waals surface area contributed by atoms with Crippen LogP contribution in [0.1, 0.15) is 5.56 Å².